The number of para-hydroxylation sites is 2. The van der Waals surface area contributed by atoms with Gasteiger partial charge < -0.3 is 14.7 Å². The van der Waals surface area contributed by atoms with E-state index in [0.717, 1.165) is 30.2 Å². The van der Waals surface area contributed by atoms with Crippen molar-refractivity contribution >= 4 is 10.9 Å². The largest absolute Gasteiger partial charge is 0.496 e. The van der Waals surface area contributed by atoms with E-state index >= 15 is 0 Å². The van der Waals surface area contributed by atoms with Gasteiger partial charge in [-0.2, -0.15) is 26.3 Å². The zero-order valence-electron chi connectivity index (χ0n) is 18.8. The van der Waals surface area contributed by atoms with Crippen molar-refractivity contribution in [2.75, 3.05) is 26.7 Å². The smallest absolute Gasteiger partial charge is 0.433 e. The van der Waals surface area contributed by atoms with Crippen LogP contribution in [0.4, 0.5) is 26.3 Å². The number of halogens is 6. The Balaban J connectivity index is 1.59. The van der Waals surface area contributed by atoms with Gasteiger partial charge in [0.15, 0.2) is 0 Å². The molecule has 1 fully saturated rings. The number of β-amino-alcohol motifs (C(OH)–C–C–N with tert-alkyl or cyclic N) is 1. The van der Waals surface area contributed by atoms with E-state index in [2.05, 4.69) is 4.98 Å². The molecule has 0 amide bonds. The summed E-state index contributed by atoms with van der Waals surface area (Å²) in [6.45, 7) is 1.14. The van der Waals surface area contributed by atoms with E-state index in [1.807, 2.05) is 29.2 Å². The van der Waals surface area contributed by atoms with E-state index in [0.29, 0.717) is 25.2 Å². The molecule has 1 unspecified atom stereocenters. The lowest BCUT2D eigenvalue weighted by Crippen LogP contribution is -2.36. The van der Waals surface area contributed by atoms with Gasteiger partial charge in [-0.3, -0.25) is 0 Å². The Labute approximate surface area is 198 Å². The Morgan fingerprint density at radius 2 is 1.69 bits per heavy atom. The van der Waals surface area contributed by atoms with Crippen LogP contribution >= 0.6 is 0 Å². The summed E-state index contributed by atoms with van der Waals surface area (Å²) in [6, 6.07) is 11.4. The number of nitrogens with zero attached hydrogens (tertiary/aromatic N) is 2. The predicted octanol–water partition coefficient (Wildman–Crippen LogP) is 6.19. The standard InChI is InChI=1S/C25H24F6N2O2/c1-35-21-8-3-2-5-16(21)15-9-11-33(12-10-15)14-20(34)18-13-22(25(29,30)31)32-23-17(18)6-4-7-19(23)24(26,27)28/h2-8,13,15,20,34H,9-12,14H2,1H3. The second-order valence-electron chi connectivity index (χ2n) is 8.63. The van der Waals surface area contributed by atoms with Gasteiger partial charge in [0.1, 0.15) is 11.4 Å². The first-order chi connectivity index (χ1) is 16.5. The van der Waals surface area contributed by atoms with Crippen molar-refractivity contribution in [1.82, 2.24) is 9.88 Å². The van der Waals surface area contributed by atoms with E-state index in [1.54, 1.807) is 7.11 Å². The number of benzene rings is 2. The van der Waals surface area contributed by atoms with Crippen LogP contribution in [0.15, 0.2) is 48.5 Å². The molecule has 0 bridgehead atoms. The summed E-state index contributed by atoms with van der Waals surface area (Å²) in [7, 11) is 1.60. The second kappa shape index (κ2) is 9.66. The number of likely N-dealkylation sites (tertiary alicyclic amines) is 1. The number of fused-ring (bicyclic) bond motifs is 1. The van der Waals surface area contributed by atoms with Gasteiger partial charge in [0.05, 0.1) is 24.3 Å². The second-order valence-corrected chi connectivity index (χ2v) is 8.63. The summed E-state index contributed by atoms with van der Waals surface area (Å²) in [4.78, 5) is 5.19. The van der Waals surface area contributed by atoms with Crippen LogP contribution in [-0.2, 0) is 12.4 Å². The molecular weight excluding hydrogens is 474 g/mol. The number of aliphatic hydroxyl groups excluding tert-OH is 1. The van der Waals surface area contributed by atoms with Crippen molar-refractivity contribution in [3.63, 3.8) is 0 Å². The first kappa shape index (κ1) is 25.2. The number of pyridine rings is 1. The monoisotopic (exact) mass is 498 g/mol. The minimum absolute atomic E-state index is 0.00863. The van der Waals surface area contributed by atoms with Crippen LogP contribution in [0.2, 0.25) is 0 Å². The molecule has 35 heavy (non-hydrogen) atoms. The maximum absolute atomic E-state index is 13.5. The number of ether oxygens (including phenoxy) is 1. The number of hydrogen-bond donors (Lipinski definition) is 1. The summed E-state index contributed by atoms with van der Waals surface area (Å²) < 4.78 is 86.3. The van der Waals surface area contributed by atoms with E-state index in [9.17, 15) is 31.4 Å². The molecule has 10 heteroatoms. The van der Waals surface area contributed by atoms with Crippen molar-refractivity contribution in [1.29, 1.82) is 0 Å². The third-order valence-electron chi connectivity index (χ3n) is 6.42. The summed E-state index contributed by atoms with van der Waals surface area (Å²) in [6.07, 6.45) is -9.78. The lowest BCUT2D eigenvalue weighted by molar-refractivity contribution is -0.142. The molecule has 1 saturated heterocycles. The Kier molecular flexibility index (Phi) is 6.97. The highest BCUT2D eigenvalue weighted by molar-refractivity contribution is 5.86. The van der Waals surface area contributed by atoms with E-state index in [4.69, 9.17) is 4.74 Å². The minimum atomic E-state index is -4.96. The van der Waals surface area contributed by atoms with Gasteiger partial charge in [-0.05, 0) is 61.2 Å². The molecule has 0 radical (unpaired) electrons. The van der Waals surface area contributed by atoms with Crippen molar-refractivity contribution in [2.45, 2.75) is 37.2 Å². The number of aliphatic hydroxyl groups is 1. The molecule has 1 aromatic heterocycles. The zero-order chi connectivity index (χ0) is 25.4. The maximum atomic E-state index is 13.5. The maximum Gasteiger partial charge on any atom is 0.433 e. The van der Waals surface area contributed by atoms with Crippen LogP contribution in [0.5, 0.6) is 5.75 Å². The third kappa shape index (κ3) is 5.38. The van der Waals surface area contributed by atoms with Crippen molar-refractivity contribution < 1.29 is 36.2 Å². The average molecular weight is 498 g/mol. The highest BCUT2D eigenvalue weighted by Gasteiger charge is 2.38. The van der Waals surface area contributed by atoms with Gasteiger partial charge in [0.25, 0.3) is 0 Å². The first-order valence-corrected chi connectivity index (χ1v) is 11.1. The van der Waals surface area contributed by atoms with Gasteiger partial charge in [0.2, 0.25) is 0 Å². The topological polar surface area (TPSA) is 45.6 Å². The zero-order valence-corrected chi connectivity index (χ0v) is 18.8. The van der Waals surface area contributed by atoms with E-state index in [-0.39, 0.29) is 23.4 Å². The number of hydrogen-bond acceptors (Lipinski definition) is 4. The fourth-order valence-corrected chi connectivity index (χ4v) is 4.70. The highest BCUT2D eigenvalue weighted by atomic mass is 19.4. The summed E-state index contributed by atoms with van der Waals surface area (Å²) >= 11 is 0. The lowest BCUT2D eigenvalue weighted by Gasteiger charge is -2.34. The molecule has 2 aromatic carbocycles. The normalized spacial score (nSPS) is 17.0. The summed E-state index contributed by atoms with van der Waals surface area (Å²) in [5.74, 6) is 1.02. The molecule has 1 atom stereocenters. The summed E-state index contributed by atoms with van der Waals surface area (Å²) in [5, 5.41) is 10.7. The molecule has 188 valence electrons. The average Bonchev–Trinajstić information content (AvgIpc) is 2.82. The number of rotatable bonds is 5. The SMILES string of the molecule is COc1ccccc1C1CCN(CC(O)c2cc(C(F)(F)F)nc3c(C(F)(F)F)cccc23)CC1. The van der Waals surface area contributed by atoms with Gasteiger partial charge >= 0.3 is 12.4 Å². The Morgan fingerprint density at radius 1 is 1.00 bits per heavy atom. The molecule has 0 saturated carbocycles. The molecule has 1 aliphatic rings. The Morgan fingerprint density at radius 3 is 2.31 bits per heavy atom. The molecule has 3 aromatic rings. The number of alkyl halides is 6. The Bertz CT molecular complexity index is 1190. The first-order valence-electron chi connectivity index (χ1n) is 11.1. The van der Waals surface area contributed by atoms with Crippen LogP contribution in [0, 0.1) is 0 Å². The predicted molar refractivity (Wildman–Crippen MR) is 118 cm³/mol. The molecule has 1 N–H and O–H groups in total. The van der Waals surface area contributed by atoms with Crippen LogP contribution in [-0.4, -0.2) is 41.7 Å². The number of piperidine rings is 1. The molecule has 4 rings (SSSR count). The minimum Gasteiger partial charge on any atom is -0.496 e. The summed E-state index contributed by atoms with van der Waals surface area (Å²) in [5.41, 5.74) is -2.71. The van der Waals surface area contributed by atoms with Crippen molar-refractivity contribution in [3.05, 3.63) is 70.9 Å². The third-order valence-corrected chi connectivity index (χ3v) is 6.42. The van der Waals surface area contributed by atoms with Crippen molar-refractivity contribution in [2.24, 2.45) is 0 Å². The molecule has 4 nitrogen and oxygen atoms in total. The molecule has 2 heterocycles. The molecule has 0 aliphatic carbocycles. The van der Waals surface area contributed by atoms with Crippen LogP contribution in [0.1, 0.15) is 47.2 Å². The van der Waals surface area contributed by atoms with Gasteiger partial charge in [-0.1, -0.05) is 30.3 Å². The van der Waals surface area contributed by atoms with Gasteiger partial charge in [0, 0.05) is 11.9 Å². The van der Waals surface area contributed by atoms with Gasteiger partial charge in [-0.25, -0.2) is 4.98 Å². The molecule has 0 spiro atoms. The van der Waals surface area contributed by atoms with Crippen LogP contribution in [0.25, 0.3) is 10.9 Å². The fraction of sp³-hybridized carbons (Fsp3) is 0.400. The van der Waals surface area contributed by atoms with Gasteiger partial charge in [-0.15, -0.1) is 0 Å². The highest BCUT2D eigenvalue weighted by Crippen LogP contribution is 2.40. The van der Waals surface area contributed by atoms with E-state index < -0.39 is 35.2 Å². The van der Waals surface area contributed by atoms with Crippen LogP contribution < -0.4 is 4.74 Å². The molecule has 1 aliphatic heterocycles. The van der Waals surface area contributed by atoms with E-state index in [1.165, 1.54) is 6.07 Å². The fourth-order valence-electron chi connectivity index (χ4n) is 4.70. The molecular formula is C25H24F6N2O2. The lowest BCUT2D eigenvalue weighted by atomic mass is 9.88. The number of aromatic nitrogens is 1. The Hall–Kier alpha value is -2.85. The number of methoxy groups -OCH3 is 1. The van der Waals surface area contributed by atoms with Crippen molar-refractivity contribution in [3.8, 4) is 5.75 Å². The van der Waals surface area contributed by atoms with Crippen LogP contribution in [0.3, 0.4) is 0 Å². The quantitative estimate of drug-likeness (QED) is 0.426.